The molecule has 0 saturated carbocycles. The molecule has 30 heavy (non-hydrogen) atoms. The number of ketones is 1. The Morgan fingerprint density at radius 2 is 1.73 bits per heavy atom. The van der Waals surface area contributed by atoms with Crippen LogP contribution in [0.5, 0.6) is 11.5 Å². The predicted molar refractivity (Wildman–Crippen MR) is 115 cm³/mol. The summed E-state index contributed by atoms with van der Waals surface area (Å²) in [4.78, 5) is 24.7. The minimum atomic E-state index is -0.319. The standard InChI is InChI=1S/C24H27NO5/c1-4-28-19-11-9-17(10-12-19)20(26)13-14-23(27)25-16(3)22-15-18-7-6-8-21(29-5-2)24(18)30-22/h6-12,15-16H,4-5,13-14H2,1-3H3,(H,25,27). The van der Waals surface area contributed by atoms with Crippen molar-refractivity contribution in [2.75, 3.05) is 13.2 Å². The van der Waals surface area contributed by atoms with E-state index in [9.17, 15) is 9.59 Å². The van der Waals surface area contributed by atoms with Gasteiger partial charge in [0.2, 0.25) is 5.91 Å². The molecule has 0 radical (unpaired) electrons. The number of hydrogen-bond acceptors (Lipinski definition) is 5. The number of para-hydroxylation sites is 1. The van der Waals surface area contributed by atoms with E-state index in [-0.39, 0.29) is 30.6 Å². The van der Waals surface area contributed by atoms with E-state index >= 15 is 0 Å². The molecule has 0 aliphatic heterocycles. The van der Waals surface area contributed by atoms with E-state index in [4.69, 9.17) is 13.9 Å². The third kappa shape index (κ3) is 5.20. The first-order chi connectivity index (χ1) is 14.5. The monoisotopic (exact) mass is 409 g/mol. The number of ether oxygens (including phenoxy) is 2. The van der Waals surface area contributed by atoms with Crippen LogP contribution in [0, 0.1) is 0 Å². The highest BCUT2D eigenvalue weighted by Crippen LogP contribution is 2.31. The van der Waals surface area contributed by atoms with Gasteiger partial charge < -0.3 is 19.2 Å². The quantitative estimate of drug-likeness (QED) is 0.473. The van der Waals surface area contributed by atoms with E-state index in [2.05, 4.69) is 5.32 Å². The summed E-state index contributed by atoms with van der Waals surface area (Å²) in [7, 11) is 0. The molecule has 0 saturated heterocycles. The molecule has 0 fully saturated rings. The highest BCUT2D eigenvalue weighted by molar-refractivity contribution is 5.98. The Hall–Kier alpha value is -3.28. The molecule has 1 amide bonds. The topological polar surface area (TPSA) is 77.8 Å². The van der Waals surface area contributed by atoms with Crippen LogP contribution in [0.1, 0.15) is 55.8 Å². The first-order valence-electron chi connectivity index (χ1n) is 10.2. The Morgan fingerprint density at radius 3 is 2.43 bits per heavy atom. The fourth-order valence-electron chi connectivity index (χ4n) is 3.20. The summed E-state index contributed by atoms with van der Waals surface area (Å²) < 4.78 is 16.9. The van der Waals surface area contributed by atoms with Crippen molar-refractivity contribution in [1.82, 2.24) is 5.32 Å². The maximum absolute atomic E-state index is 12.3. The molecule has 1 N–H and O–H groups in total. The van der Waals surface area contributed by atoms with E-state index in [0.717, 1.165) is 11.1 Å². The van der Waals surface area contributed by atoms with Gasteiger partial charge in [-0.3, -0.25) is 9.59 Å². The van der Waals surface area contributed by atoms with E-state index in [1.165, 1.54) is 0 Å². The Balaban J connectivity index is 1.56. The zero-order valence-corrected chi connectivity index (χ0v) is 17.6. The van der Waals surface area contributed by atoms with Gasteiger partial charge in [0.1, 0.15) is 11.5 Å². The van der Waals surface area contributed by atoms with Crippen LogP contribution in [0.15, 0.2) is 52.9 Å². The van der Waals surface area contributed by atoms with E-state index in [0.29, 0.717) is 35.9 Å². The number of hydrogen-bond donors (Lipinski definition) is 1. The average Bonchev–Trinajstić information content (AvgIpc) is 3.19. The van der Waals surface area contributed by atoms with Crippen molar-refractivity contribution in [2.45, 2.75) is 39.7 Å². The van der Waals surface area contributed by atoms with E-state index < -0.39 is 0 Å². The number of nitrogens with one attached hydrogen (secondary N) is 1. The fourth-order valence-corrected chi connectivity index (χ4v) is 3.20. The van der Waals surface area contributed by atoms with Crippen LogP contribution < -0.4 is 14.8 Å². The van der Waals surface area contributed by atoms with Crippen LogP contribution in [0.3, 0.4) is 0 Å². The zero-order valence-electron chi connectivity index (χ0n) is 17.6. The van der Waals surface area contributed by atoms with Gasteiger partial charge in [-0.2, -0.15) is 0 Å². The average molecular weight is 409 g/mol. The molecule has 2 aromatic carbocycles. The summed E-state index contributed by atoms with van der Waals surface area (Å²) in [6.45, 7) is 6.79. The van der Waals surface area contributed by atoms with Gasteiger partial charge in [-0.1, -0.05) is 12.1 Å². The molecule has 0 aliphatic rings. The Kier molecular flexibility index (Phi) is 7.12. The molecule has 0 spiro atoms. The first-order valence-corrected chi connectivity index (χ1v) is 10.2. The number of carbonyl (C=O) groups is 2. The lowest BCUT2D eigenvalue weighted by Crippen LogP contribution is -2.26. The lowest BCUT2D eigenvalue weighted by molar-refractivity contribution is -0.121. The maximum atomic E-state index is 12.3. The van der Waals surface area contributed by atoms with Gasteiger partial charge in [-0.05, 0) is 57.2 Å². The van der Waals surface area contributed by atoms with Crippen molar-refractivity contribution in [3.63, 3.8) is 0 Å². The summed E-state index contributed by atoms with van der Waals surface area (Å²) >= 11 is 0. The maximum Gasteiger partial charge on any atom is 0.221 e. The lowest BCUT2D eigenvalue weighted by Gasteiger charge is -2.11. The molecule has 158 valence electrons. The van der Waals surface area contributed by atoms with Crippen molar-refractivity contribution >= 4 is 22.7 Å². The molecule has 1 unspecified atom stereocenters. The highest BCUT2D eigenvalue weighted by atomic mass is 16.5. The van der Waals surface area contributed by atoms with Gasteiger partial charge in [0.15, 0.2) is 17.1 Å². The van der Waals surface area contributed by atoms with Crippen molar-refractivity contribution in [3.8, 4) is 11.5 Å². The molecule has 0 aliphatic carbocycles. The van der Waals surface area contributed by atoms with Crippen molar-refractivity contribution in [3.05, 3.63) is 59.9 Å². The van der Waals surface area contributed by atoms with Crippen LogP contribution in [0.4, 0.5) is 0 Å². The number of carbonyl (C=O) groups excluding carboxylic acids is 2. The highest BCUT2D eigenvalue weighted by Gasteiger charge is 2.17. The number of Topliss-reactive ketones (excluding diaryl/α,β-unsaturated/α-hetero) is 1. The number of fused-ring (bicyclic) bond motifs is 1. The van der Waals surface area contributed by atoms with Gasteiger partial charge in [0.25, 0.3) is 0 Å². The minimum absolute atomic E-state index is 0.0778. The van der Waals surface area contributed by atoms with E-state index in [1.54, 1.807) is 24.3 Å². The second-order valence-corrected chi connectivity index (χ2v) is 6.93. The SMILES string of the molecule is CCOc1ccc(C(=O)CCC(=O)NC(C)c2cc3cccc(OCC)c3o2)cc1. The number of rotatable bonds is 10. The molecule has 0 bridgehead atoms. The molecule has 1 atom stereocenters. The molecule has 6 heteroatoms. The molecule has 1 aromatic heterocycles. The van der Waals surface area contributed by atoms with Crippen LogP contribution in [0.2, 0.25) is 0 Å². The minimum Gasteiger partial charge on any atom is -0.494 e. The summed E-state index contributed by atoms with van der Waals surface area (Å²) in [6.07, 6.45) is 0.252. The third-order valence-corrected chi connectivity index (χ3v) is 4.70. The van der Waals surface area contributed by atoms with Crippen LogP contribution >= 0.6 is 0 Å². The summed E-state index contributed by atoms with van der Waals surface area (Å²) in [5, 5.41) is 3.81. The first kappa shape index (κ1) is 21.4. The van der Waals surface area contributed by atoms with Crippen molar-refractivity contribution in [1.29, 1.82) is 0 Å². The number of benzene rings is 2. The molecular formula is C24H27NO5. The summed E-state index contributed by atoms with van der Waals surface area (Å²) in [5.41, 5.74) is 1.24. The molecule has 3 aromatic rings. The van der Waals surface area contributed by atoms with Crippen LogP contribution in [-0.2, 0) is 4.79 Å². The number of amides is 1. The molecule has 3 rings (SSSR count). The largest absolute Gasteiger partial charge is 0.494 e. The molecule has 6 nitrogen and oxygen atoms in total. The molecule has 1 heterocycles. The summed E-state index contributed by atoms with van der Waals surface area (Å²) in [5.74, 6) is 1.77. The zero-order chi connectivity index (χ0) is 21.5. The number of furan rings is 1. The normalized spacial score (nSPS) is 11.8. The van der Waals surface area contributed by atoms with Gasteiger partial charge in [0, 0.05) is 23.8 Å². The van der Waals surface area contributed by atoms with Crippen LogP contribution in [-0.4, -0.2) is 24.9 Å². The second kappa shape index (κ2) is 9.96. The summed E-state index contributed by atoms with van der Waals surface area (Å²) in [6, 6.07) is 14.2. The Morgan fingerprint density at radius 1 is 1.00 bits per heavy atom. The van der Waals surface area contributed by atoms with Gasteiger partial charge in [-0.25, -0.2) is 0 Å². The molecular weight excluding hydrogens is 382 g/mol. The van der Waals surface area contributed by atoms with Crippen molar-refractivity contribution < 1.29 is 23.5 Å². The smallest absolute Gasteiger partial charge is 0.221 e. The van der Waals surface area contributed by atoms with Crippen molar-refractivity contribution in [2.24, 2.45) is 0 Å². The Labute approximate surface area is 176 Å². The second-order valence-electron chi connectivity index (χ2n) is 6.93. The van der Waals surface area contributed by atoms with E-state index in [1.807, 2.05) is 45.0 Å². The van der Waals surface area contributed by atoms with Crippen LogP contribution in [0.25, 0.3) is 11.0 Å². The lowest BCUT2D eigenvalue weighted by atomic mass is 10.1. The third-order valence-electron chi connectivity index (χ3n) is 4.70. The fraction of sp³-hybridized carbons (Fsp3) is 0.333. The van der Waals surface area contributed by atoms with Gasteiger partial charge in [-0.15, -0.1) is 0 Å². The van der Waals surface area contributed by atoms with Gasteiger partial charge in [0.05, 0.1) is 19.3 Å². The predicted octanol–water partition coefficient (Wildman–Crippen LogP) is 5.07. The Bertz CT molecular complexity index is 1010. The van der Waals surface area contributed by atoms with Gasteiger partial charge >= 0.3 is 0 Å².